The van der Waals surface area contributed by atoms with E-state index in [2.05, 4.69) is 19.2 Å². The van der Waals surface area contributed by atoms with Gasteiger partial charge in [-0.2, -0.15) is 0 Å². The van der Waals surface area contributed by atoms with Gasteiger partial charge in [0.05, 0.1) is 4.99 Å². The lowest BCUT2D eigenvalue weighted by molar-refractivity contribution is 0.326. The van der Waals surface area contributed by atoms with E-state index in [0.29, 0.717) is 5.41 Å². The molecule has 0 aromatic heterocycles. The SMILES string of the molecule is CC1(C)CCCCNC(=S)C1. The molecule has 1 heterocycles. The molecule has 1 nitrogen and oxygen atoms in total. The molecule has 0 aliphatic carbocycles. The molecule has 1 aliphatic rings. The summed E-state index contributed by atoms with van der Waals surface area (Å²) in [6.45, 7) is 5.67. The van der Waals surface area contributed by atoms with Crippen LogP contribution in [-0.2, 0) is 0 Å². The van der Waals surface area contributed by atoms with Crippen molar-refractivity contribution in [3.8, 4) is 0 Å². The number of thiocarbonyl (C=S) groups is 1. The fourth-order valence-electron chi connectivity index (χ4n) is 1.54. The van der Waals surface area contributed by atoms with Crippen molar-refractivity contribution in [2.24, 2.45) is 5.41 Å². The lowest BCUT2D eigenvalue weighted by Gasteiger charge is -2.27. The van der Waals surface area contributed by atoms with Gasteiger partial charge in [0.25, 0.3) is 0 Å². The van der Waals surface area contributed by atoms with Gasteiger partial charge in [-0.25, -0.2) is 0 Å². The zero-order valence-corrected chi connectivity index (χ0v) is 8.26. The van der Waals surface area contributed by atoms with E-state index in [1.807, 2.05) is 0 Å². The molecule has 2 heteroatoms. The van der Waals surface area contributed by atoms with Gasteiger partial charge in [-0.3, -0.25) is 0 Å². The molecule has 0 spiro atoms. The van der Waals surface area contributed by atoms with Gasteiger partial charge in [0.2, 0.25) is 0 Å². The average molecular weight is 171 g/mol. The molecule has 1 N–H and O–H groups in total. The smallest absolute Gasteiger partial charge is 0.0758 e. The summed E-state index contributed by atoms with van der Waals surface area (Å²) in [5.74, 6) is 0. The molecule has 1 rings (SSSR count). The monoisotopic (exact) mass is 171 g/mol. The maximum absolute atomic E-state index is 5.19. The first-order chi connectivity index (χ1) is 5.10. The van der Waals surface area contributed by atoms with E-state index in [1.165, 1.54) is 19.3 Å². The lowest BCUT2D eigenvalue weighted by Crippen LogP contribution is -2.30. The number of rotatable bonds is 0. The predicted molar refractivity (Wildman–Crippen MR) is 52.8 cm³/mol. The first kappa shape index (κ1) is 8.98. The van der Waals surface area contributed by atoms with Crippen LogP contribution in [0.5, 0.6) is 0 Å². The van der Waals surface area contributed by atoms with Gasteiger partial charge in [-0.1, -0.05) is 32.5 Å². The predicted octanol–water partition coefficient (Wildman–Crippen LogP) is 2.50. The third kappa shape index (κ3) is 3.19. The summed E-state index contributed by atoms with van der Waals surface area (Å²) in [4.78, 5) is 1.05. The molecule has 1 aliphatic heterocycles. The van der Waals surface area contributed by atoms with Crippen LogP contribution >= 0.6 is 12.2 Å². The highest BCUT2D eigenvalue weighted by atomic mass is 32.1. The Bertz CT molecular complexity index is 152. The third-order valence-corrected chi connectivity index (χ3v) is 2.53. The Kier molecular flexibility index (Phi) is 2.88. The first-order valence-electron chi connectivity index (χ1n) is 4.37. The van der Waals surface area contributed by atoms with E-state index < -0.39 is 0 Å². The lowest BCUT2D eigenvalue weighted by atomic mass is 9.83. The van der Waals surface area contributed by atoms with E-state index in [1.54, 1.807) is 0 Å². The molecular formula is C9H17NS. The van der Waals surface area contributed by atoms with E-state index in [9.17, 15) is 0 Å². The molecule has 0 bridgehead atoms. The van der Waals surface area contributed by atoms with E-state index >= 15 is 0 Å². The number of nitrogens with one attached hydrogen (secondary N) is 1. The Labute approximate surface area is 74.6 Å². The zero-order valence-electron chi connectivity index (χ0n) is 7.44. The number of hydrogen-bond donors (Lipinski definition) is 1. The molecular weight excluding hydrogens is 154 g/mol. The van der Waals surface area contributed by atoms with Crippen molar-refractivity contribution in [3.05, 3.63) is 0 Å². The van der Waals surface area contributed by atoms with Crippen LogP contribution in [0.3, 0.4) is 0 Å². The van der Waals surface area contributed by atoms with Crippen LogP contribution < -0.4 is 5.32 Å². The van der Waals surface area contributed by atoms with E-state index in [0.717, 1.165) is 18.0 Å². The molecule has 0 aromatic carbocycles. The summed E-state index contributed by atoms with van der Waals surface area (Å²) in [6.07, 6.45) is 4.98. The molecule has 0 amide bonds. The fourth-order valence-corrected chi connectivity index (χ4v) is 2.03. The summed E-state index contributed by atoms with van der Waals surface area (Å²) in [5.41, 5.74) is 0.421. The van der Waals surface area contributed by atoms with Crippen molar-refractivity contribution >= 4 is 17.2 Å². The van der Waals surface area contributed by atoms with Crippen molar-refractivity contribution in [1.82, 2.24) is 5.32 Å². The largest absolute Gasteiger partial charge is 0.380 e. The van der Waals surface area contributed by atoms with E-state index in [4.69, 9.17) is 12.2 Å². The van der Waals surface area contributed by atoms with Crippen molar-refractivity contribution in [2.75, 3.05) is 6.54 Å². The molecule has 11 heavy (non-hydrogen) atoms. The van der Waals surface area contributed by atoms with Crippen molar-refractivity contribution in [2.45, 2.75) is 39.5 Å². The summed E-state index contributed by atoms with van der Waals surface area (Å²) < 4.78 is 0. The van der Waals surface area contributed by atoms with Crippen LogP contribution in [0.1, 0.15) is 39.5 Å². The topological polar surface area (TPSA) is 12.0 Å². The minimum Gasteiger partial charge on any atom is -0.380 e. The van der Waals surface area contributed by atoms with Crippen LogP contribution in [0.4, 0.5) is 0 Å². The highest BCUT2D eigenvalue weighted by Gasteiger charge is 2.20. The molecule has 0 atom stereocenters. The van der Waals surface area contributed by atoms with Gasteiger partial charge in [-0.15, -0.1) is 0 Å². The second kappa shape index (κ2) is 3.53. The second-order valence-corrected chi connectivity index (χ2v) is 4.64. The summed E-state index contributed by atoms with van der Waals surface area (Å²) in [6, 6.07) is 0. The van der Waals surface area contributed by atoms with Crippen LogP contribution in [0.2, 0.25) is 0 Å². The Balaban J connectivity index is 2.49. The maximum Gasteiger partial charge on any atom is 0.0758 e. The molecule has 0 radical (unpaired) electrons. The number of hydrogen-bond acceptors (Lipinski definition) is 1. The van der Waals surface area contributed by atoms with Crippen LogP contribution in [0.15, 0.2) is 0 Å². The first-order valence-corrected chi connectivity index (χ1v) is 4.78. The van der Waals surface area contributed by atoms with Crippen molar-refractivity contribution in [3.63, 3.8) is 0 Å². The van der Waals surface area contributed by atoms with Crippen LogP contribution in [0, 0.1) is 5.41 Å². The quantitative estimate of drug-likeness (QED) is 0.562. The summed E-state index contributed by atoms with van der Waals surface area (Å²) in [5, 5.41) is 3.27. The van der Waals surface area contributed by atoms with Crippen LogP contribution in [0.25, 0.3) is 0 Å². The van der Waals surface area contributed by atoms with Gasteiger partial charge >= 0.3 is 0 Å². The third-order valence-electron chi connectivity index (χ3n) is 2.24. The Morgan fingerprint density at radius 3 is 2.82 bits per heavy atom. The minimum absolute atomic E-state index is 0.421. The fraction of sp³-hybridized carbons (Fsp3) is 0.889. The maximum atomic E-state index is 5.19. The molecule has 0 unspecified atom stereocenters. The Hall–Kier alpha value is -0.110. The summed E-state index contributed by atoms with van der Waals surface area (Å²) >= 11 is 5.19. The Morgan fingerprint density at radius 1 is 1.36 bits per heavy atom. The van der Waals surface area contributed by atoms with Gasteiger partial charge < -0.3 is 5.32 Å². The van der Waals surface area contributed by atoms with Gasteiger partial charge in [0.1, 0.15) is 0 Å². The van der Waals surface area contributed by atoms with Gasteiger partial charge in [0, 0.05) is 13.0 Å². The van der Waals surface area contributed by atoms with Crippen molar-refractivity contribution in [1.29, 1.82) is 0 Å². The summed E-state index contributed by atoms with van der Waals surface area (Å²) in [7, 11) is 0. The molecule has 1 fully saturated rings. The minimum atomic E-state index is 0.421. The van der Waals surface area contributed by atoms with Gasteiger partial charge in [0.15, 0.2) is 0 Å². The zero-order chi connectivity index (χ0) is 8.32. The standard InChI is InChI=1S/C9H17NS/c1-9(2)5-3-4-6-10-8(11)7-9/h3-7H2,1-2H3,(H,10,11). The second-order valence-electron chi connectivity index (χ2n) is 4.15. The van der Waals surface area contributed by atoms with Crippen molar-refractivity contribution < 1.29 is 0 Å². The highest BCUT2D eigenvalue weighted by Crippen LogP contribution is 2.28. The molecule has 1 saturated heterocycles. The van der Waals surface area contributed by atoms with Gasteiger partial charge in [-0.05, 0) is 18.3 Å². The average Bonchev–Trinajstić information content (AvgIpc) is 1.82. The molecule has 64 valence electrons. The Morgan fingerprint density at radius 2 is 2.09 bits per heavy atom. The van der Waals surface area contributed by atoms with E-state index in [-0.39, 0.29) is 0 Å². The van der Waals surface area contributed by atoms with Crippen LogP contribution in [-0.4, -0.2) is 11.5 Å². The normalized spacial score (nSPS) is 25.1. The highest BCUT2D eigenvalue weighted by molar-refractivity contribution is 7.80. The molecule has 0 saturated carbocycles. The molecule has 0 aromatic rings.